The van der Waals surface area contributed by atoms with Gasteiger partial charge in [-0.15, -0.1) is 0 Å². The predicted octanol–water partition coefficient (Wildman–Crippen LogP) is 3.81. The lowest BCUT2D eigenvalue weighted by Crippen LogP contribution is -1.95. The second-order valence-electron chi connectivity index (χ2n) is 6.62. The van der Waals surface area contributed by atoms with Crippen LogP contribution in [0, 0.1) is 13.8 Å². The summed E-state index contributed by atoms with van der Waals surface area (Å²) in [5.74, 6) is 0.528. The van der Waals surface area contributed by atoms with Crippen molar-refractivity contribution in [2.45, 2.75) is 20.8 Å². The van der Waals surface area contributed by atoms with Crippen molar-refractivity contribution in [3.63, 3.8) is 0 Å². The van der Waals surface area contributed by atoms with E-state index in [2.05, 4.69) is 15.1 Å². The minimum absolute atomic E-state index is 0.102. The second-order valence-corrected chi connectivity index (χ2v) is 6.62. The molecule has 0 saturated carbocycles. The first kappa shape index (κ1) is 17.9. The van der Waals surface area contributed by atoms with E-state index in [9.17, 15) is 5.11 Å². The lowest BCUT2D eigenvalue weighted by molar-refractivity contribution is 0.318. The fourth-order valence-electron chi connectivity index (χ4n) is 3.17. The fraction of sp³-hybridized carbons (Fsp3) is 0.238. The molecule has 4 rings (SSSR count). The molecule has 3 heterocycles. The van der Waals surface area contributed by atoms with Crippen LogP contribution in [0.25, 0.3) is 33.5 Å². The number of fused-ring (bicyclic) bond motifs is 1. The number of hydrogen-bond donors (Lipinski definition) is 1. The molecule has 28 heavy (non-hydrogen) atoms. The summed E-state index contributed by atoms with van der Waals surface area (Å²) in [6, 6.07) is 7.19. The van der Waals surface area contributed by atoms with E-state index < -0.39 is 0 Å². The molecular weight excluding hydrogens is 354 g/mol. The van der Waals surface area contributed by atoms with Crippen molar-refractivity contribution >= 4 is 11.0 Å². The molecule has 0 atom stereocenters. The van der Waals surface area contributed by atoms with Crippen LogP contribution >= 0.6 is 0 Å². The van der Waals surface area contributed by atoms with Crippen LogP contribution in [0.2, 0.25) is 0 Å². The van der Waals surface area contributed by atoms with Gasteiger partial charge in [0.15, 0.2) is 17.1 Å². The van der Waals surface area contributed by atoms with Crippen molar-refractivity contribution in [1.29, 1.82) is 0 Å². The lowest BCUT2D eigenvalue weighted by Gasteiger charge is -2.10. The van der Waals surface area contributed by atoms with Crippen LogP contribution in [0.4, 0.5) is 0 Å². The van der Waals surface area contributed by atoms with Gasteiger partial charge in [0.2, 0.25) is 0 Å². The summed E-state index contributed by atoms with van der Waals surface area (Å²) < 4.78 is 7.33. The quantitative estimate of drug-likeness (QED) is 0.584. The molecule has 0 saturated heterocycles. The Kier molecular flexibility index (Phi) is 4.43. The molecule has 7 heteroatoms. The number of phenolic OH excluding ortho intramolecular Hbond substituents is 1. The summed E-state index contributed by atoms with van der Waals surface area (Å²) in [5.41, 5.74) is 5.74. The molecule has 0 radical (unpaired) electrons. The van der Waals surface area contributed by atoms with Gasteiger partial charge in [-0.2, -0.15) is 5.10 Å². The van der Waals surface area contributed by atoms with Gasteiger partial charge < -0.3 is 9.84 Å². The lowest BCUT2D eigenvalue weighted by atomic mass is 10.0. The molecule has 142 valence electrons. The van der Waals surface area contributed by atoms with E-state index in [0.717, 1.165) is 39.3 Å². The van der Waals surface area contributed by atoms with Crippen LogP contribution in [0.1, 0.15) is 18.3 Å². The first-order valence-electron chi connectivity index (χ1n) is 9.07. The smallest absolute Gasteiger partial charge is 0.182 e. The van der Waals surface area contributed by atoms with Gasteiger partial charge in [0, 0.05) is 30.1 Å². The molecule has 7 nitrogen and oxygen atoms in total. The molecule has 0 bridgehead atoms. The minimum Gasteiger partial charge on any atom is -0.504 e. The van der Waals surface area contributed by atoms with E-state index in [0.29, 0.717) is 18.0 Å². The van der Waals surface area contributed by atoms with Gasteiger partial charge in [0.05, 0.1) is 35.3 Å². The summed E-state index contributed by atoms with van der Waals surface area (Å²) in [6.45, 7) is 6.26. The highest BCUT2D eigenvalue weighted by atomic mass is 16.5. The minimum atomic E-state index is 0.102. The third-order valence-corrected chi connectivity index (χ3v) is 4.70. The maximum absolute atomic E-state index is 10.0. The third kappa shape index (κ3) is 3.05. The van der Waals surface area contributed by atoms with Crippen molar-refractivity contribution in [2.24, 2.45) is 7.05 Å². The van der Waals surface area contributed by atoms with Crippen molar-refractivity contribution in [3.8, 4) is 34.0 Å². The van der Waals surface area contributed by atoms with E-state index in [4.69, 9.17) is 9.72 Å². The molecule has 0 aliphatic rings. The molecular formula is C21H21N5O2. The molecule has 0 aliphatic heterocycles. The van der Waals surface area contributed by atoms with E-state index in [-0.39, 0.29) is 5.75 Å². The Morgan fingerprint density at radius 1 is 1.07 bits per heavy atom. The molecule has 0 amide bonds. The molecule has 3 aromatic heterocycles. The number of pyridine rings is 1. The van der Waals surface area contributed by atoms with Crippen molar-refractivity contribution in [3.05, 3.63) is 48.0 Å². The van der Waals surface area contributed by atoms with Crippen molar-refractivity contribution in [2.75, 3.05) is 6.61 Å². The molecule has 0 unspecified atom stereocenters. The van der Waals surface area contributed by atoms with Crippen LogP contribution in [0.3, 0.4) is 0 Å². The first-order chi connectivity index (χ1) is 13.5. The van der Waals surface area contributed by atoms with Gasteiger partial charge in [0.1, 0.15) is 0 Å². The average molecular weight is 375 g/mol. The van der Waals surface area contributed by atoms with Crippen molar-refractivity contribution in [1.82, 2.24) is 24.7 Å². The van der Waals surface area contributed by atoms with E-state index in [1.54, 1.807) is 24.5 Å². The number of hydrogen-bond acceptors (Lipinski definition) is 6. The highest BCUT2D eigenvalue weighted by Gasteiger charge is 2.17. The van der Waals surface area contributed by atoms with Crippen LogP contribution < -0.4 is 4.74 Å². The normalized spacial score (nSPS) is 11.1. The monoisotopic (exact) mass is 375 g/mol. The molecule has 0 aliphatic carbocycles. The average Bonchev–Trinajstić information content (AvgIpc) is 2.97. The van der Waals surface area contributed by atoms with Gasteiger partial charge in [-0.05, 0) is 45.0 Å². The Morgan fingerprint density at radius 2 is 1.89 bits per heavy atom. The maximum Gasteiger partial charge on any atom is 0.182 e. The highest BCUT2D eigenvalue weighted by Crippen LogP contribution is 2.35. The molecule has 0 fully saturated rings. The molecule has 0 spiro atoms. The summed E-state index contributed by atoms with van der Waals surface area (Å²) in [6.07, 6.45) is 3.52. The SMILES string of the molecule is CCOc1cc(-c2cc(-c3cnc(C)cn3)c3c(C)n(C)nc3n2)ccc1O. The van der Waals surface area contributed by atoms with E-state index >= 15 is 0 Å². The molecule has 1 N–H and O–H groups in total. The van der Waals surface area contributed by atoms with Crippen molar-refractivity contribution < 1.29 is 9.84 Å². The zero-order valence-electron chi connectivity index (χ0n) is 16.3. The van der Waals surface area contributed by atoms with E-state index in [1.165, 1.54) is 0 Å². The van der Waals surface area contributed by atoms with Gasteiger partial charge in [-0.1, -0.05) is 0 Å². The van der Waals surface area contributed by atoms with Crippen LogP contribution in [-0.4, -0.2) is 36.4 Å². The van der Waals surface area contributed by atoms with Gasteiger partial charge >= 0.3 is 0 Å². The summed E-state index contributed by atoms with van der Waals surface area (Å²) in [4.78, 5) is 13.7. The Morgan fingerprint density at radius 3 is 2.61 bits per heavy atom. The number of aromatic nitrogens is 5. The highest BCUT2D eigenvalue weighted by molar-refractivity contribution is 5.95. The molecule has 1 aromatic carbocycles. The predicted molar refractivity (Wildman–Crippen MR) is 107 cm³/mol. The second kappa shape index (κ2) is 6.92. The number of ether oxygens (including phenoxy) is 1. The third-order valence-electron chi connectivity index (χ3n) is 4.70. The van der Waals surface area contributed by atoms with E-state index in [1.807, 2.05) is 44.6 Å². The Labute approximate surface area is 162 Å². The van der Waals surface area contributed by atoms with Gasteiger partial charge in [0.25, 0.3) is 0 Å². The fourth-order valence-corrected chi connectivity index (χ4v) is 3.17. The largest absolute Gasteiger partial charge is 0.504 e. The number of rotatable bonds is 4. The number of nitrogens with zero attached hydrogens (tertiary/aromatic N) is 5. The Balaban J connectivity index is 1.96. The topological polar surface area (TPSA) is 86.0 Å². The number of benzene rings is 1. The standard InChI is InChI=1S/C21H21N5O2/c1-5-28-19-8-14(6-7-18(19)27)16-9-15(17-11-22-12(2)10-23-17)20-13(3)26(4)25-21(20)24-16/h6-11,27H,5H2,1-4H3. The number of aromatic hydroxyl groups is 1. The maximum atomic E-state index is 10.0. The van der Waals surface area contributed by atoms with Gasteiger partial charge in [-0.25, -0.2) is 4.98 Å². The molecule has 4 aromatic rings. The zero-order chi connectivity index (χ0) is 19.8. The summed E-state index contributed by atoms with van der Waals surface area (Å²) >= 11 is 0. The van der Waals surface area contributed by atoms with Crippen LogP contribution in [0.5, 0.6) is 11.5 Å². The first-order valence-corrected chi connectivity index (χ1v) is 9.07. The Bertz CT molecular complexity index is 1170. The van der Waals surface area contributed by atoms with Crippen LogP contribution in [0.15, 0.2) is 36.7 Å². The number of aryl methyl sites for hydroxylation is 3. The summed E-state index contributed by atoms with van der Waals surface area (Å²) in [7, 11) is 1.90. The number of phenols is 1. The van der Waals surface area contributed by atoms with Crippen LogP contribution in [-0.2, 0) is 7.05 Å². The summed E-state index contributed by atoms with van der Waals surface area (Å²) in [5, 5.41) is 15.5. The zero-order valence-corrected chi connectivity index (χ0v) is 16.3. The van der Waals surface area contributed by atoms with Gasteiger partial charge in [-0.3, -0.25) is 14.6 Å². The Hall–Kier alpha value is -3.48.